The maximum atomic E-state index is 4.52. The molecule has 0 fully saturated rings. The third-order valence-electron chi connectivity index (χ3n) is 2.26. The maximum Gasteiger partial charge on any atom is 0.203 e. The summed E-state index contributed by atoms with van der Waals surface area (Å²) in [5.74, 6) is 0. The lowest BCUT2D eigenvalue weighted by molar-refractivity contribution is 0.840. The predicted molar refractivity (Wildman–Crippen MR) is 66.7 cm³/mol. The molecule has 16 heavy (non-hydrogen) atoms. The van der Waals surface area contributed by atoms with Crippen LogP contribution in [0.3, 0.4) is 0 Å². The van der Waals surface area contributed by atoms with Crippen molar-refractivity contribution in [1.29, 1.82) is 0 Å². The van der Waals surface area contributed by atoms with Gasteiger partial charge in [0.15, 0.2) is 0 Å². The Kier molecular flexibility index (Phi) is 2.36. The maximum absolute atomic E-state index is 4.52. The lowest BCUT2D eigenvalue weighted by Crippen LogP contribution is -1.99. The second-order valence-corrected chi connectivity index (χ2v) is 6.26. The molecule has 0 atom stereocenters. The Morgan fingerprint density at radius 2 is 2.00 bits per heavy atom. The first-order valence-corrected chi connectivity index (χ1v) is 6.35. The van der Waals surface area contributed by atoms with Gasteiger partial charge in [-0.15, -0.1) is 5.10 Å². The van der Waals surface area contributed by atoms with E-state index in [4.69, 9.17) is 0 Å². The number of fused-ring (bicyclic) bond motifs is 3. The van der Waals surface area contributed by atoms with E-state index >= 15 is 0 Å². The van der Waals surface area contributed by atoms with Crippen molar-refractivity contribution in [2.24, 2.45) is 0 Å². The summed E-state index contributed by atoms with van der Waals surface area (Å²) in [7, 11) is 0. The Labute approximate surface area is 107 Å². The fourth-order valence-electron chi connectivity index (χ4n) is 1.57. The van der Waals surface area contributed by atoms with Crippen LogP contribution in [0.1, 0.15) is 9.43 Å². The number of tetrazole rings is 1. The van der Waals surface area contributed by atoms with Crippen LogP contribution in [0.15, 0.2) is 24.3 Å². The Bertz CT molecular complexity index is 663. The second-order valence-electron chi connectivity index (χ2n) is 3.20. The summed E-state index contributed by atoms with van der Waals surface area (Å²) in [6, 6.07) is 7.74. The number of benzene rings is 1. The molecule has 0 saturated carbocycles. The largest absolute Gasteiger partial charge is 0.245 e. The second kappa shape index (κ2) is 3.74. The zero-order chi connectivity index (χ0) is 11.1. The SMILES string of the molecule is BrC(Br)c1nc2ccccc2n2nnnc12. The van der Waals surface area contributed by atoms with Crippen molar-refractivity contribution in [2.45, 2.75) is 3.74 Å². The molecule has 0 N–H and O–H groups in total. The van der Waals surface area contributed by atoms with Gasteiger partial charge in [0.25, 0.3) is 0 Å². The van der Waals surface area contributed by atoms with Gasteiger partial charge >= 0.3 is 0 Å². The first-order chi connectivity index (χ1) is 7.77. The average Bonchev–Trinajstić information content (AvgIpc) is 2.76. The van der Waals surface area contributed by atoms with E-state index in [0.29, 0.717) is 5.65 Å². The van der Waals surface area contributed by atoms with Crippen molar-refractivity contribution in [3.8, 4) is 0 Å². The van der Waals surface area contributed by atoms with Crippen LogP contribution in [-0.4, -0.2) is 25.0 Å². The number of para-hydroxylation sites is 2. The van der Waals surface area contributed by atoms with Gasteiger partial charge in [-0.25, -0.2) is 4.98 Å². The van der Waals surface area contributed by atoms with Gasteiger partial charge in [-0.2, -0.15) is 4.52 Å². The number of hydrogen-bond donors (Lipinski definition) is 0. The van der Waals surface area contributed by atoms with Gasteiger partial charge in [-0.1, -0.05) is 44.0 Å². The summed E-state index contributed by atoms with van der Waals surface area (Å²) in [6.45, 7) is 0. The summed E-state index contributed by atoms with van der Waals surface area (Å²) in [6.07, 6.45) is 0. The molecule has 2 heterocycles. The zero-order valence-corrected chi connectivity index (χ0v) is 11.1. The van der Waals surface area contributed by atoms with Crippen LogP contribution in [0, 0.1) is 0 Å². The van der Waals surface area contributed by atoms with Crippen molar-refractivity contribution in [3.63, 3.8) is 0 Å². The normalized spacial score (nSPS) is 11.7. The van der Waals surface area contributed by atoms with Crippen molar-refractivity contribution >= 4 is 48.5 Å². The van der Waals surface area contributed by atoms with Crippen LogP contribution in [0.4, 0.5) is 0 Å². The van der Waals surface area contributed by atoms with E-state index < -0.39 is 0 Å². The fourth-order valence-corrected chi connectivity index (χ4v) is 2.19. The first-order valence-electron chi connectivity index (χ1n) is 4.52. The number of rotatable bonds is 1. The van der Waals surface area contributed by atoms with Crippen LogP contribution in [0.2, 0.25) is 0 Å². The molecule has 1 aromatic carbocycles. The Balaban J connectivity index is 2.53. The molecular weight excluding hydrogens is 338 g/mol. The number of halogens is 2. The first kappa shape index (κ1) is 10.1. The average molecular weight is 343 g/mol. The van der Waals surface area contributed by atoms with Crippen LogP contribution in [0.25, 0.3) is 16.7 Å². The minimum Gasteiger partial charge on any atom is -0.245 e. The Morgan fingerprint density at radius 1 is 1.19 bits per heavy atom. The van der Waals surface area contributed by atoms with Crippen molar-refractivity contribution < 1.29 is 0 Å². The minimum atomic E-state index is -0.0712. The summed E-state index contributed by atoms with van der Waals surface area (Å²) in [5, 5.41) is 11.6. The topological polar surface area (TPSA) is 56.0 Å². The van der Waals surface area contributed by atoms with Gasteiger partial charge in [0.2, 0.25) is 5.65 Å². The number of hydrogen-bond acceptors (Lipinski definition) is 4. The van der Waals surface area contributed by atoms with Gasteiger partial charge < -0.3 is 0 Å². The summed E-state index contributed by atoms with van der Waals surface area (Å²) >= 11 is 6.84. The highest BCUT2D eigenvalue weighted by atomic mass is 79.9. The molecule has 2 aromatic heterocycles. The van der Waals surface area contributed by atoms with Crippen LogP contribution in [0.5, 0.6) is 0 Å². The number of nitrogens with zero attached hydrogens (tertiary/aromatic N) is 5. The molecule has 3 rings (SSSR count). The standard InChI is InChI=1S/C9H5Br2N5/c10-8(11)7-9-13-14-15-16(9)6-4-2-1-3-5(6)12-7/h1-4,8H. The van der Waals surface area contributed by atoms with Crippen LogP contribution in [-0.2, 0) is 0 Å². The van der Waals surface area contributed by atoms with Gasteiger partial charge in [-0.05, 0) is 22.6 Å². The highest BCUT2D eigenvalue weighted by Crippen LogP contribution is 2.31. The molecule has 0 spiro atoms. The quantitative estimate of drug-likeness (QED) is 0.637. The number of aromatic nitrogens is 5. The molecule has 0 bridgehead atoms. The summed E-state index contributed by atoms with van der Waals surface area (Å²) in [4.78, 5) is 4.52. The van der Waals surface area contributed by atoms with Gasteiger partial charge in [0, 0.05) is 0 Å². The monoisotopic (exact) mass is 341 g/mol. The Hall–Kier alpha value is -1.08. The van der Waals surface area contributed by atoms with E-state index in [-0.39, 0.29) is 3.74 Å². The number of alkyl halides is 2. The van der Waals surface area contributed by atoms with Crippen LogP contribution >= 0.6 is 31.9 Å². The highest BCUT2D eigenvalue weighted by molar-refractivity contribution is 9.24. The van der Waals surface area contributed by atoms with Gasteiger partial charge in [-0.3, -0.25) is 0 Å². The molecule has 5 nitrogen and oxygen atoms in total. The van der Waals surface area contributed by atoms with E-state index in [1.54, 1.807) is 4.52 Å². The van der Waals surface area contributed by atoms with E-state index in [9.17, 15) is 0 Å². The third kappa shape index (κ3) is 1.42. The van der Waals surface area contributed by atoms with E-state index in [1.165, 1.54) is 0 Å². The summed E-state index contributed by atoms with van der Waals surface area (Å²) < 4.78 is 1.62. The summed E-state index contributed by atoms with van der Waals surface area (Å²) in [5.41, 5.74) is 3.18. The van der Waals surface area contributed by atoms with Gasteiger partial charge in [0.1, 0.15) is 9.43 Å². The van der Waals surface area contributed by atoms with E-state index in [1.807, 2.05) is 24.3 Å². The fraction of sp³-hybridized carbons (Fsp3) is 0.111. The third-order valence-corrected chi connectivity index (χ3v) is 3.12. The lowest BCUT2D eigenvalue weighted by Gasteiger charge is -2.05. The van der Waals surface area contributed by atoms with Crippen molar-refractivity contribution in [1.82, 2.24) is 25.0 Å². The molecular formula is C9H5Br2N5. The molecule has 0 radical (unpaired) electrons. The molecule has 80 valence electrons. The zero-order valence-electron chi connectivity index (χ0n) is 7.88. The van der Waals surface area contributed by atoms with Crippen LogP contribution < -0.4 is 0 Å². The molecule has 3 aromatic rings. The molecule has 0 unspecified atom stereocenters. The molecule has 0 aliphatic carbocycles. The van der Waals surface area contributed by atoms with E-state index in [0.717, 1.165) is 16.7 Å². The predicted octanol–water partition coefficient (Wildman–Crippen LogP) is 2.46. The molecule has 0 aliphatic rings. The molecule has 0 aliphatic heterocycles. The molecule has 7 heteroatoms. The molecule has 0 saturated heterocycles. The van der Waals surface area contributed by atoms with Crippen molar-refractivity contribution in [3.05, 3.63) is 30.0 Å². The Morgan fingerprint density at radius 3 is 2.81 bits per heavy atom. The highest BCUT2D eigenvalue weighted by Gasteiger charge is 2.15. The molecule has 0 amide bonds. The van der Waals surface area contributed by atoms with E-state index in [2.05, 4.69) is 52.4 Å². The smallest absolute Gasteiger partial charge is 0.203 e. The minimum absolute atomic E-state index is 0.0712. The lowest BCUT2D eigenvalue weighted by atomic mass is 10.3. The van der Waals surface area contributed by atoms with Crippen molar-refractivity contribution in [2.75, 3.05) is 0 Å². The van der Waals surface area contributed by atoms with Gasteiger partial charge in [0.05, 0.1) is 11.0 Å².